The fourth-order valence-electron chi connectivity index (χ4n) is 4.48. The minimum atomic E-state index is -1.33. The summed E-state index contributed by atoms with van der Waals surface area (Å²) < 4.78 is 11.0. The van der Waals surface area contributed by atoms with E-state index in [-0.39, 0.29) is 13.0 Å². The summed E-state index contributed by atoms with van der Waals surface area (Å²) in [4.78, 5) is 40.2. The molecule has 1 aromatic carbocycles. The van der Waals surface area contributed by atoms with Crippen molar-refractivity contribution in [2.45, 2.75) is 77.0 Å². The minimum Gasteiger partial charge on any atom is -0.465 e. The topological polar surface area (TPSA) is 117 Å². The molecule has 2 N–H and O–H groups in total. The van der Waals surface area contributed by atoms with Crippen molar-refractivity contribution in [2.24, 2.45) is 5.92 Å². The van der Waals surface area contributed by atoms with Crippen molar-refractivity contribution in [1.29, 1.82) is 0 Å². The van der Waals surface area contributed by atoms with E-state index in [2.05, 4.69) is 0 Å². The molecule has 0 saturated carbocycles. The molecule has 0 radical (unpaired) electrons. The molecule has 3 amide bonds. The monoisotopic (exact) mass is 448 g/mol. The number of likely N-dealkylation sites (tertiary alicyclic amines) is 1. The Balaban J connectivity index is 1.87. The number of carbonyl (C=O) groups is 3. The number of imide groups is 1. The van der Waals surface area contributed by atoms with Crippen molar-refractivity contribution >= 4 is 18.1 Å². The van der Waals surface area contributed by atoms with Crippen molar-refractivity contribution in [3.63, 3.8) is 0 Å². The summed E-state index contributed by atoms with van der Waals surface area (Å²) in [6.45, 7) is 8.29. The summed E-state index contributed by atoms with van der Waals surface area (Å²) in [6, 6.07) is 7.99. The number of rotatable bonds is 4. The Hall–Kier alpha value is -2.65. The van der Waals surface area contributed by atoms with Crippen molar-refractivity contribution < 1.29 is 34.1 Å². The number of hydrogen-bond donors (Lipinski definition) is 2. The molecule has 2 heterocycles. The fraction of sp³-hybridized carbons (Fsp3) is 0.609. The molecule has 3 rings (SSSR count). The number of carbonyl (C=O) groups excluding carboxylic acids is 2. The quantitative estimate of drug-likeness (QED) is 0.727. The lowest BCUT2D eigenvalue weighted by Gasteiger charge is -2.34. The Morgan fingerprint density at radius 3 is 2.44 bits per heavy atom. The van der Waals surface area contributed by atoms with Gasteiger partial charge in [0.2, 0.25) is 5.91 Å². The van der Waals surface area contributed by atoms with E-state index in [4.69, 9.17) is 9.47 Å². The van der Waals surface area contributed by atoms with Crippen LogP contribution in [0.1, 0.15) is 46.6 Å². The van der Waals surface area contributed by atoms with Crippen LogP contribution < -0.4 is 0 Å². The molecular weight excluding hydrogens is 416 g/mol. The van der Waals surface area contributed by atoms with Crippen LogP contribution in [0.3, 0.4) is 0 Å². The summed E-state index contributed by atoms with van der Waals surface area (Å²) in [5.41, 5.74) is -0.992. The van der Waals surface area contributed by atoms with E-state index in [1.165, 1.54) is 0 Å². The highest BCUT2D eigenvalue weighted by atomic mass is 16.6. The third-order valence-electron chi connectivity index (χ3n) is 5.88. The standard InChI is InChI=1S/C23H32N2O7/c1-22(2,3)32-21(30)24-15(11-14-9-7-6-8-10-14)12-16(19(24)27)18(26)17-13-31-23(4,5)25(17)20(28)29/h6-10,15-18,26H,11-13H2,1-5H3,(H,28,29). The van der Waals surface area contributed by atoms with Gasteiger partial charge in [0.15, 0.2) is 0 Å². The Bertz CT molecular complexity index is 865. The zero-order valence-corrected chi connectivity index (χ0v) is 19.1. The van der Waals surface area contributed by atoms with E-state index in [1.54, 1.807) is 34.6 Å². The largest absolute Gasteiger partial charge is 0.465 e. The van der Waals surface area contributed by atoms with Gasteiger partial charge in [-0.1, -0.05) is 30.3 Å². The number of ether oxygens (including phenoxy) is 2. The van der Waals surface area contributed by atoms with Crippen molar-refractivity contribution in [2.75, 3.05) is 6.61 Å². The van der Waals surface area contributed by atoms with Gasteiger partial charge in [-0.15, -0.1) is 0 Å². The van der Waals surface area contributed by atoms with Gasteiger partial charge >= 0.3 is 12.2 Å². The number of aliphatic hydroxyl groups excluding tert-OH is 1. The molecule has 0 bridgehead atoms. The zero-order chi connectivity index (χ0) is 23.8. The van der Waals surface area contributed by atoms with Gasteiger partial charge in [0, 0.05) is 6.04 Å². The summed E-state index contributed by atoms with van der Waals surface area (Å²) in [5.74, 6) is -1.52. The maximum atomic E-state index is 13.3. The SMILES string of the molecule is CC(C)(C)OC(=O)N1C(=O)C(C(O)C2COC(C)(C)N2C(=O)O)CC1Cc1ccccc1. The van der Waals surface area contributed by atoms with Crippen LogP contribution in [-0.2, 0) is 20.7 Å². The maximum absolute atomic E-state index is 13.3. The Morgan fingerprint density at radius 2 is 1.88 bits per heavy atom. The van der Waals surface area contributed by atoms with Crippen LogP contribution in [0.5, 0.6) is 0 Å². The van der Waals surface area contributed by atoms with Gasteiger partial charge < -0.3 is 19.7 Å². The molecule has 9 heteroatoms. The fourth-order valence-corrected chi connectivity index (χ4v) is 4.48. The number of benzene rings is 1. The molecule has 0 aromatic heterocycles. The Labute approximate surface area is 187 Å². The van der Waals surface area contributed by atoms with Gasteiger partial charge in [0.1, 0.15) is 11.3 Å². The molecule has 1 aromatic rings. The first-order valence-corrected chi connectivity index (χ1v) is 10.8. The van der Waals surface area contributed by atoms with Crippen LogP contribution in [-0.4, -0.2) is 74.2 Å². The van der Waals surface area contributed by atoms with Crippen LogP contribution in [0.25, 0.3) is 0 Å². The zero-order valence-electron chi connectivity index (χ0n) is 19.1. The summed E-state index contributed by atoms with van der Waals surface area (Å²) in [6.07, 6.45) is -2.74. The first-order valence-electron chi connectivity index (χ1n) is 10.8. The summed E-state index contributed by atoms with van der Waals surface area (Å²) in [7, 11) is 0. The molecule has 4 unspecified atom stereocenters. The highest BCUT2D eigenvalue weighted by Crippen LogP contribution is 2.37. The highest BCUT2D eigenvalue weighted by molar-refractivity contribution is 5.96. The number of hydrogen-bond acceptors (Lipinski definition) is 6. The molecule has 2 aliphatic rings. The molecule has 2 saturated heterocycles. The second kappa shape index (κ2) is 8.71. The lowest BCUT2D eigenvalue weighted by Crippen LogP contribution is -2.54. The normalized spacial score (nSPS) is 26.3. The minimum absolute atomic E-state index is 0.0416. The second-order valence-corrected chi connectivity index (χ2v) is 9.84. The van der Waals surface area contributed by atoms with Crippen LogP contribution in [0.4, 0.5) is 9.59 Å². The predicted octanol–water partition coefficient (Wildman–Crippen LogP) is 2.86. The second-order valence-electron chi connectivity index (χ2n) is 9.84. The van der Waals surface area contributed by atoms with Crippen LogP contribution >= 0.6 is 0 Å². The van der Waals surface area contributed by atoms with Crippen LogP contribution in [0, 0.1) is 5.92 Å². The van der Waals surface area contributed by atoms with Crippen molar-refractivity contribution in [1.82, 2.24) is 9.80 Å². The summed E-state index contributed by atoms with van der Waals surface area (Å²) >= 11 is 0. The number of amides is 3. The first-order chi connectivity index (χ1) is 14.8. The predicted molar refractivity (Wildman–Crippen MR) is 115 cm³/mol. The molecular formula is C23H32N2O7. The van der Waals surface area contributed by atoms with E-state index in [1.807, 2.05) is 30.3 Å². The molecule has 4 atom stereocenters. The van der Waals surface area contributed by atoms with Crippen LogP contribution in [0.15, 0.2) is 30.3 Å². The third-order valence-corrected chi connectivity index (χ3v) is 5.88. The molecule has 9 nitrogen and oxygen atoms in total. The van der Waals surface area contributed by atoms with Gasteiger partial charge in [-0.05, 0) is 53.0 Å². The van der Waals surface area contributed by atoms with Gasteiger partial charge in [-0.2, -0.15) is 0 Å². The van der Waals surface area contributed by atoms with E-state index in [0.717, 1.165) is 15.4 Å². The Kier molecular flexibility index (Phi) is 6.53. The molecule has 2 aliphatic heterocycles. The lowest BCUT2D eigenvalue weighted by atomic mass is 9.91. The van der Waals surface area contributed by atoms with Crippen molar-refractivity contribution in [3.8, 4) is 0 Å². The van der Waals surface area contributed by atoms with Gasteiger partial charge in [-0.25, -0.2) is 14.5 Å². The first kappa shape index (κ1) is 24.0. The summed E-state index contributed by atoms with van der Waals surface area (Å²) in [5, 5.41) is 20.8. The third kappa shape index (κ3) is 4.88. The molecule has 176 valence electrons. The van der Waals surface area contributed by atoms with E-state index in [0.29, 0.717) is 6.42 Å². The number of carboxylic acid groups (broad SMARTS) is 1. The van der Waals surface area contributed by atoms with E-state index >= 15 is 0 Å². The smallest absolute Gasteiger partial charge is 0.417 e. The van der Waals surface area contributed by atoms with E-state index < -0.39 is 53.5 Å². The average molecular weight is 449 g/mol. The molecule has 0 aliphatic carbocycles. The number of nitrogens with zero attached hydrogens (tertiary/aromatic N) is 2. The maximum Gasteiger partial charge on any atom is 0.417 e. The molecule has 32 heavy (non-hydrogen) atoms. The van der Waals surface area contributed by atoms with Crippen molar-refractivity contribution in [3.05, 3.63) is 35.9 Å². The van der Waals surface area contributed by atoms with Crippen LogP contribution in [0.2, 0.25) is 0 Å². The van der Waals surface area contributed by atoms with Gasteiger partial charge in [0.25, 0.3) is 0 Å². The van der Waals surface area contributed by atoms with Gasteiger partial charge in [0.05, 0.1) is 24.7 Å². The number of aliphatic hydroxyl groups is 1. The molecule has 2 fully saturated rings. The average Bonchev–Trinajstić information content (AvgIpc) is 3.16. The van der Waals surface area contributed by atoms with E-state index in [9.17, 15) is 24.6 Å². The Morgan fingerprint density at radius 1 is 1.25 bits per heavy atom. The molecule has 0 spiro atoms. The highest BCUT2D eigenvalue weighted by Gasteiger charge is 2.54. The van der Waals surface area contributed by atoms with Gasteiger partial charge in [-0.3, -0.25) is 9.69 Å². The lowest BCUT2D eigenvalue weighted by molar-refractivity contribution is -0.135.